The van der Waals surface area contributed by atoms with Gasteiger partial charge in [-0.3, -0.25) is 0 Å². The van der Waals surface area contributed by atoms with E-state index in [1.54, 1.807) is 0 Å². The molecule has 0 aliphatic carbocycles. The average molecular weight is 201 g/mol. The molecule has 1 rings (SSSR count). The van der Waals surface area contributed by atoms with Crippen molar-refractivity contribution < 1.29 is 4.39 Å². The number of nitrogens with zero attached hydrogens (tertiary/aromatic N) is 2. The molecule has 1 aromatic rings. The van der Waals surface area contributed by atoms with Crippen LogP contribution in [0.4, 0.5) is 10.3 Å². The second kappa shape index (κ2) is 5.01. The molecule has 0 aromatic carbocycles. The smallest absolute Gasteiger partial charge is 0.223 e. The quantitative estimate of drug-likeness (QED) is 0.598. The first-order valence-corrected chi connectivity index (χ1v) is 5.15. The SMILES string of the molecule is CCNc1ncc(F)c(SCC)n1. The van der Waals surface area contributed by atoms with E-state index in [4.69, 9.17) is 0 Å². The third kappa shape index (κ3) is 2.84. The molecule has 0 spiro atoms. The minimum atomic E-state index is -0.353. The standard InChI is InChI=1S/C8H12FN3S/c1-3-10-8-11-5-6(9)7(12-8)13-4-2/h5H,3-4H2,1-2H3,(H,10,11,12). The minimum absolute atomic E-state index is 0.353. The van der Waals surface area contributed by atoms with Crippen LogP contribution in [0.25, 0.3) is 0 Å². The monoisotopic (exact) mass is 201 g/mol. The second-order valence-electron chi connectivity index (χ2n) is 2.31. The first-order chi connectivity index (χ1) is 6.27. The van der Waals surface area contributed by atoms with Gasteiger partial charge < -0.3 is 5.32 Å². The van der Waals surface area contributed by atoms with Crippen molar-refractivity contribution in [2.75, 3.05) is 17.6 Å². The Hall–Kier alpha value is -0.840. The molecular formula is C8H12FN3S. The minimum Gasteiger partial charge on any atom is -0.354 e. The summed E-state index contributed by atoms with van der Waals surface area (Å²) in [5.41, 5.74) is 0. The third-order valence-corrected chi connectivity index (χ3v) is 2.18. The highest BCUT2D eigenvalue weighted by Gasteiger charge is 2.05. The van der Waals surface area contributed by atoms with E-state index in [9.17, 15) is 4.39 Å². The Bertz CT molecular complexity index is 280. The maximum absolute atomic E-state index is 13.0. The molecule has 0 amide bonds. The Morgan fingerprint density at radius 2 is 2.31 bits per heavy atom. The van der Waals surface area contributed by atoms with E-state index in [0.717, 1.165) is 12.3 Å². The Morgan fingerprint density at radius 3 is 2.92 bits per heavy atom. The maximum Gasteiger partial charge on any atom is 0.223 e. The Morgan fingerprint density at radius 1 is 1.54 bits per heavy atom. The molecule has 0 saturated heterocycles. The highest BCUT2D eigenvalue weighted by atomic mass is 32.2. The average Bonchev–Trinajstić information content (AvgIpc) is 2.12. The Labute approximate surface area is 81.2 Å². The fourth-order valence-corrected chi connectivity index (χ4v) is 1.45. The lowest BCUT2D eigenvalue weighted by Gasteiger charge is -2.03. The summed E-state index contributed by atoms with van der Waals surface area (Å²) in [6.07, 6.45) is 1.20. The number of halogens is 1. The van der Waals surface area contributed by atoms with E-state index >= 15 is 0 Å². The summed E-state index contributed by atoms with van der Waals surface area (Å²) in [4.78, 5) is 7.82. The van der Waals surface area contributed by atoms with Crippen molar-refractivity contribution in [3.8, 4) is 0 Å². The first kappa shape index (κ1) is 10.2. The van der Waals surface area contributed by atoms with E-state index in [1.807, 2.05) is 13.8 Å². The van der Waals surface area contributed by atoms with Crippen molar-refractivity contribution >= 4 is 17.7 Å². The van der Waals surface area contributed by atoms with Crippen molar-refractivity contribution in [3.05, 3.63) is 12.0 Å². The van der Waals surface area contributed by atoms with Crippen LogP contribution in [0.15, 0.2) is 11.2 Å². The van der Waals surface area contributed by atoms with E-state index in [1.165, 1.54) is 18.0 Å². The molecule has 0 fully saturated rings. The van der Waals surface area contributed by atoms with Crippen molar-refractivity contribution in [1.29, 1.82) is 0 Å². The molecule has 0 radical (unpaired) electrons. The molecule has 1 N–H and O–H groups in total. The largest absolute Gasteiger partial charge is 0.354 e. The summed E-state index contributed by atoms with van der Waals surface area (Å²) in [6, 6.07) is 0. The van der Waals surface area contributed by atoms with Gasteiger partial charge in [0.15, 0.2) is 5.82 Å². The predicted octanol–water partition coefficient (Wildman–Crippen LogP) is 2.16. The zero-order valence-electron chi connectivity index (χ0n) is 7.67. The van der Waals surface area contributed by atoms with Gasteiger partial charge in [0.05, 0.1) is 6.20 Å². The number of hydrogen-bond donors (Lipinski definition) is 1. The van der Waals surface area contributed by atoms with Crippen LogP contribution in [0, 0.1) is 5.82 Å². The molecule has 1 aromatic heterocycles. The zero-order chi connectivity index (χ0) is 9.68. The van der Waals surface area contributed by atoms with Gasteiger partial charge in [-0.05, 0) is 12.7 Å². The number of anilines is 1. The number of aromatic nitrogens is 2. The van der Waals surface area contributed by atoms with Crippen molar-refractivity contribution in [2.45, 2.75) is 18.9 Å². The van der Waals surface area contributed by atoms with Gasteiger partial charge in [0.1, 0.15) is 5.03 Å². The molecule has 3 nitrogen and oxygen atoms in total. The molecular weight excluding hydrogens is 189 g/mol. The van der Waals surface area contributed by atoms with Gasteiger partial charge in [0, 0.05) is 6.54 Å². The van der Waals surface area contributed by atoms with Gasteiger partial charge in [0.2, 0.25) is 5.95 Å². The van der Waals surface area contributed by atoms with Crippen LogP contribution >= 0.6 is 11.8 Å². The molecule has 0 atom stereocenters. The normalized spacial score (nSPS) is 10.1. The van der Waals surface area contributed by atoms with Crippen LogP contribution in [0.5, 0.6) is 0 Å². The molecule has 0 aliphatic heterocycles. The zero-order valence-corrected chi connectivity index (χ0v) is 8.49. The van der Waals surface area contributed by atoms with E-state index < -0.39 is 0 Å². The van der Waals surface area contributed by atoms with Crippen LogP contribution in [0.1, 0.15) is 13.8 Å². The van der Waals surface area contributed by atoms with E-state index in [-0.39, 0.29) is 5.82 Å². The Balaban J connectivity index is 2.83. The van der Waals surface area contributed by atoms with Gasteiger partial charge >= 0.3 is 0 Å². The van der Waals surface area contributed by atoms with Crippen LogP contribution < -0.4 is 5.32 Å². The van der Waals surface area contributed by atoms with Crippen molar-refractivity contribution in [1.82, 2.24) is 9.97 Å². The lowest BCUT2D eigenvalue weighted by Crippen LogP contribution is -2.03. The first-order valence-electron chi connectivity index (χ1n) is 4.17. The number of hydrogen-bond acceptors (Lipinski definition) is 4. The molecule has 0 bridgehead atoms. The molecule has 0 saturated carbocycles. The summed E-state index contributed by atoms with van der Waals surface area (Å²) in [5, 5.41) is 3.34. The predicted molar refractivity (Wildman–Crippen MR) is 52.6 cm³/mol. The van der Waals surface area contributed by atoms with Gasteiger partial charge in [-0.25, -0.2) is 14.4 Å². The van der Waals surface area contributed by atoms with Crippen LogP contribution in [0.3, 0.4) is 0 Å². The summed E-state index contributed by atoms with van der Waals surface area (Å²) >= 11 is 1.38. The molecule has 72 valence electrons. The lowest BCUT2D eigenvalue weighted by molar-refractivity contribution is 0.580. The topological polar surface area (TPSA) is 37.8 Å². The summed E-state index contributed by atoms with van der Waals surface area (Å²) < 4.78 is 13.0. The summed E-state index contributed by atoms with van der Waals surface area (Å²) in [7, 11) is 0. The molecule has 0 aliphatic rings. The summed E-state index contributed by atoms with van der Waals surface area (Å²) in [5.74, 6) is 0.938. The highest BCUT2D eigenvalue weighted by molar-refractivity contribution is 7.99. The number of rotatable bonds is 4. The number of thioether (sulfide) groups is 1. The van der Waals surface area contributed by atoms with Gasteiger partial charge in [0.25, 0.3) is 0 Å². The van der Waals surface area contributed by atoms with Crippen molar-refractivity contribution in [3.63, 3.8) is 0 Å². The molecule has 1 heterocycles. The van der Waals surface area contributed by atoms with Gasteiger partial charge in [-0.15, -0.1) is 11.8 Å². The fourth-order valence-electron chi connectivity index (χ4n) is 0.833. The van der Waals surface area contributed by atoms with Crippen LogP contribution in [-0.2, 0) is 0 Å². The van der Waals surface area contributed by atoms with Crippen LogP contribution in [0.2, 0.25) is 0 Å². The second-order valence-corrected chi connectivity index (χ2v) is 3.56. The highest BCUT2D eigenvalue weighted by Crippen LogP contribution is 2.18. The van der Waals surface area contributed by atoms with Gasteiger partial charge in [-0.1, -0.05) is 6.92 Å². The van der Waals surface area contributed by atoms with Crippen LogP contribution in [-0.4, -0.2) is 22.3 Å². The fraction of sp³-hybridized carbons (Fsp3) is 0.500. The maximum atomic E-state index is 13.0. The summed E-state index contributed by atoms with van der Waals surface area (Å²) in [6.45, 7) is 4.64. The van der Waals surface area contributed by atoms with E-state index in [2.05, 4.69) is 15.3 Å². The lowest BCUT2D eigenvalue weighted by atomic mass is 10.6. The molecule has 13 heavy (non-hydrogen) atoms. The van der Waals surface area contributed by atoms with Gasteiger partial charge in [-0.2, -0.15) is 0 Å². The number of nitrogens with one attached hydrogen (secondary N) is 1. The molecule has 5 heteroatoms. The third-order valence-electron chi connectivity index (χ3n) is 1.33. The Kier molecular flexibility index (Phi) is 3.95. The van der Waals surface area contributed by atoms with E-state index in [0.29, 0.717) is 11.0 Å². The van der Waals surface area contributed by atoms with Crippen molar-refractivity contribution in [2.24, 2.45) is 0 Å². The molecule has 0 unspecified atom stereocenters.